The van der Waals surface area contributed by atoms with Gasteiger partial charge in [0.1, 0.15) is 0 Å². The Balaban J connectivity index is 0. The van der Waals surface area contributed by atoms with Crippen LogP contribution in [0.4, 0.5) is 0 Å². The molecule has 0 aliphatic rings. The minimum atomic E-state index is 0. The van der Waals surface area contributed by atoms with Gasteiger partial charge in [-0.15, -0.1) is 0 Å². The van der Waals surface area contributed by atoms with Gasteiger partial charge in [-0.2, -0.15) is 0 Å². The number of hydrogen-bond donors (Lipinski definition) is 0. The second-order valence-electron chi connectivity index (χ2n) is 0. The molecule has 0 aliphatic heterocycles. The average Bonchev–Trinajstić information content (AvgIpc) is 0. The molecule has 0 aromatic carbocycles. The van der Waals surface area contributed by atoms with E-state index in [-0.39, 0.29) is 186 Å². The van der Waals surface area contributed by atoms with Crippen molar-refractivity contribution in [2.75, 3.05) is 0 Å². The van der Waals surface area contributed by atoms with Crippen molar-refractivity contribution in [1.29, 1.82) is 0 Å². The molecular weight excluding hydrogens is 481 g/mol. The van der Waals surface area contributed by atoms with Crippen LogP contribution in [0, 0.1) is 7.43 Å². The maximum Gasteiger partial charge on any atom is 0 e. The van der Waals surface area contributed by atoms with Gasteiger partial charge in [0.15, 0.2) is 0 Å². The summed E-state index contributed by atoms with van der Waals surface area (Å²) in [6.07, 6.45) is 0. The van der Waals surface area contributed by atoms with Gasteiger partial charge in [0.2, 0.25) is 0 Å². The van der Waals surface area contributed by atoms with Gasteiger partial charge in [-0.1, -0.05) is 14.9 Å². The maximum absolute atomic E-state index is 0. The summed E-state index contributed by atoms with van der Waals surface area (Å²) in [6.45, 7) is 0. The van der Waals surface area contributed by atoms with Gasteiger partial charge in [-0.25, -0.2) is 0 Å². The maximum atomic E-state index is 0. The van der Waals surface area contributed by atoms with Crippen molar-refractivity contribution in [3.63, 3.8) is 0 Å². The van der Waals surface area contributed by atoms with E-state index in [0.29, 0.717) is 0 Å². The molecule has 0 nitrogen and oxygen atoms in total. The minimum Gasteiger partial charge on any atom is -0.358 e. The van der Waals surface area contributed by atoms with Gasteiger partial charge >= 0.3 is 0 Å². The molecule has 0 N–H and O–H groups in total. The van der Waals surface area contributed by atoms with Gasteiger partial charge in [-0.3, -0.25) is 0 Å². The fraction of sp³-hybridized carbons (Fsp3) is 0.667. The quantitative estimate of drug-likeness (QED) is 0.453. The van der Waals surface area contributed by atoms with Gasteiger partial charge in [0.25, 0.3) is 0 Å². The average molecular weight is 492 g/mol. The summed E-state index contributed by atoms with van der Waals surface area (Å²) in [5.74, 6) is 0. The summed E-state index contributed by atoms with van der Waals surface area (Å²) >= 11 is 0. The SMILES string of the molecule is C.C.[CH3-].[Y].[Y].[Y].[Y].[Y]. The smallest absolute Gasteiger partial charge is 0 e. The van der Waals surface area contributed by atoms with E-state index in [1.807, 2.05) is 0 Å². The van der Waals surface area contributed by atoms with Crippen molar-refractivity contribution >= 4 is 0 Å². The third-order valence-corrected chi connectivity index (χ3v) is 0. The molecule has 0 bridgehead atoms. The van der Waals surface area contributed by atoms with Crippen molar-refractivity contribution in [2.24, 2.45) is 0 Å². The number of hydrogen-bond acceptors (Lipinski definition) is 0. The fourth-order valence-corrected chi connectivity index (χ4v) is 0. The molecule has 0 aliphatic carbocycles. The molecular formula is C3H11Y5-. The summed E-state index contributed by atoms with van der Waals surface area (Å²) in [5.41, 5.74) is 0. The Hall–Kier alpha value is 5.52. The van der Waals surface area contributed by atoms with E-state index in [1.165, 1.54) is 0 Å². The van der Waals surface area contributed by atoms with E-state index in [4.69, 9.17) is 0 Å². The van der Waals surface area contributed by atoms with Gasteiger partial charge in [-0.05, 0) is 0 Å². The van der Waals surface area contributed by atoms with E-state index in [1.54, 1.807) is 0 Å². The Bertz CT molecular complexity index is 7.64. The predicted octanol–water partition coefficient (Wildman–Crippen LogP) is 1.71. The summed E-state index contributed by atoms with van der Waals surface area (Å²) < 4.78 is 0. The van der Waals surface area contributed by atoms with Crippen LogP contribution in [0.2, 0.25) is 0 Å². The van der Waals surface area contributed by atoms with Crippen LogP contribution < -0.4 is 0 Å². The molecule has 0 aromatic heterocycles. The van der Waals surface area contributed by atoms with E-state index >= 15 is 0 Å². The molecule has 5 heteroatoms. The molecule has 0 saturated heterocycles. The second kappa shape index (κ2) is 54.5. The normalized spacial score (nSPS) is 0. The van der Waals surface area contributed by atoms with E-state index in [9.17, 15) is 0 Å². The molecule has 8 heavy (non-hydrogen) atoms. The topological polar surface area (TPSA) is 0 Å². The van der Waals surface area contributed by atoms with Crippen molar-refractivity contribution in [1.82, 2.24) is 0 Å². The van der Waals surface area contributed by atoms with Crippen LogP contribution >= 0.6 is 0 Å². The largest absolute Gasteiger partial charge is 0.358 e. The summed E-state index contributed by atoms with van der Waals surface area (Å²) in [7, 11) is 0. The van der Waals surface area contributed by atoms with Gasteiger partial charge < -0.3 is 7.43 Å². The van der Waals surface area contributed by atoms with E-state index in [0.717, 1.165) is 0 Å². The van der Waals surface area contributed by atoms with Crippen LogP contribution in [0.15, 0.2) is 0 Å². The van der Waals surface area contributed by atoms with Gasteiger partial charge in [0.05, 0.1) is 0 Å². The monoisotopic (exact) mass is 492 g/mol. The Morgan fingerprint density at radius 2 is 0.375 bits per heavy atom. The molecule has 5 radical (unpaired) electrons. The second-order valence-corrected chi connectivity index (χ2v) is 0. The Labute approximate surface area is 180 Å². The molecule has 0 rings (SSSR count). The first-order chi connectivity index (χ1) is 0. The molecule has 0 amide bonds. The summed E-state index contributed by atoms with van der Waals surface area (Å²) in [6, 6.07) is 0. The zero-order valence-electron chi connectivity index (χ0n) is 3.89. The molecule has 0 atom stereocenters. The molecule has 0 aromatic rings. The fourth-order valence-electron chi connectivity index (χ4n) is 0. The molecule has 0 unspecified atom stereocenters. The molecule has 0 fully saturated rings. The first-order valence-corrected chi connectivity index (χ1v) is 0. The molecule has 0 heterocycles. The van der Waals surface area contributed by atoms with Crippen LogP contribution in [0.3, 0.4) is 0 Å². The van der Waals surface area contributed by atoms with Crippen molar-refractivity contribution in [2.45, 2.75) is 14.9 Å². The minimum absolute atomic E-state index is 0. The van der Waals surface area contributed by atoms with Crippen LogP contribution in [-0.4, -0.2) is 0 Å². The first-order valence-electron chi connectivity index (χ1n) is 0. The van der Waals surface area contributed by atoms with Crippen molar-refractivity contribution in [3.05, 3.63) is 7.43 Å². The predicted molar refractivity (Wildman–Crippen MR) is 19.9 cm³/mol. The van der Waals surface area contributed by atoms with Crippen LogP contribution in [0.5, 0.6) is 0 Å². The zero-order valence-corrected chi connectivity index (χ0v) is 18.1. The van der Waals surface area contributed by atoms with E-state index in [2.05, 4.69) is 0 Å². The molecule has 0 saturated carbocycles. The molecule has 0 spiro atoms. The Morgan fingerprint density at radius 1 is 0.375 bits per heavy atom. The van der Waals surface area contributed by atoms with Crippen LogP contribution in [-0.2, 0) is 164 Å². The third-order valence-electron chi connectivity index (χ3n) is 0. The van der Waals surface area contributed by atoms with Crippen LogP contribution in [0.25, 0.3) is 0 Å². The summed E-state index contributed by atoms with van der Waals surface area (Å²) in [4.78, 5) is 0. The first kappa shape index (κ1) is 69.6. The standard InChI is InChI=1S/2CH4.CH3.5Y/h2*1H4;1H3;;;;;/q;;-1;;;;;. The Kier molecular flexibility index (Phi) is 474. The van der Waals surface area contributed by atoms with Gasteiger partial charge in [0, 0.05) is 164 Å². The van der Waals surface area contributed by atoms with Crippen LogP contribution in [0.1, 0.15) is 14.9 Å². The van der Waals surface area contributed by atoms with Crippen molar-refractivity contribution in [3.8, 4) is 0 Å². The Morgan fingerprint density at radius 3 is 0.375 bits per heavy atom. The summed E-state index contributed by atoms with van der Waals surface area (Å²) in [5, 5.41) is 0. The molecule has 39 valence electrons. The number of rotatable bonds is 0. The third kappa shape index (κ3) is 41.8. The zero-order chi connectivity index (χ0) is 0. The van der Waals surface area contributed by atoms with Crippen molar-refractivity contribution < 1.29 is 164 Å². The van der Waals surface area contributed by atoms with E-state index < -0.39 is 0 Å².